The van der Waals surface area contributed by atoms with Gasteiger partial charge in [0.2, 0.25) is 0 Å². The first-order valence-electron chi connectivity index (χ1n) is 17.6. The van der Waals surface area contributed by atoms with E-state index in [1.165, 1.54) is 127 Å². The molecule has 0 aromatic heterocycles. The largest absolute Gasteiger partial charge is 1.00 e. The number of halogens is 1. The Kier molecular flexibility index (Phi) is 16.9. The van der Waals surface area contributed by atoms with Crippen molar-refractivity contribution in [2.24, 2.45) is 0 Å². The van der Waals surface area contributed by atoms with E-state index in [2.05, 4.69) is 12.1 Å². The van der Waals surface area contributed by atoms with E-state index in [0.29, 0.717) is 5.75 Å². The number of unbranched alkanes of at least 4 members (excludes halogenated alkanes) is 5. The first kappa shape index (κ1) is 37.3. The van der Waals surface area contributed by atoms with E-state index < -0.39 is 16.1 Å². The molecule has 0 aliphatic heterocycles. The summed E-state index contributed by atoms with van der Waals surface area (Å²) >= 11 is 0. The summed E-state index contributed by atoms with van der Waals surface area (Å²) in [6.07, 6.45) is 28.0. The smallest absolute Gasteiger partial charge is 0.500 e. The zero-order chi connectivity index (χ0) is 29.7. The molecular formula is C35H62BrO5PSi. The summed E-state index contributed by atoms with van der Waals surface area (Å²) in [5.41, 5.74) is 2.49. The van der Waals surface area contributed by atoms with Crippen molar-refractivity contribution < 1.29 is 40.1 Å². The maximum atomic E-state index is 10.9. The predicted octanol–water partition coefficient (Wildman–Crippen LogP) is 6.63. The minimum Gasteiger partial charge on any atom is -1.00 e. The van der Waals surface area contributed by atoms with Gasteiger partial charge in [-0.2, -0.15) is 0 Å². The Hall–Kier alpha value is -0.173. The van der Waals surface area contributed by atoms with E-state index >= 15 is 0 Å². The highest BCUT2D eigenvalue weighted by atomic mass is 79.9. The quantitative estimate of drug-likeness (QED) is 0.112. The van der Waals surface area contributed by atoms with Crippen LogP contribution in [0.2, 0.25) is 6.04 Å². The van der Waals surface area contributed by atoms with Gasteiger partial charge in [-0.05, 0) is 102 Å². The van der Waals surface area contributed by atoms with Gasteiger partial charge in [-0.3, -0.25) is 0 Å². The number of benzene rings is 1. The van der Waals surface area contributed by atoms with Crippen molar-refractivity contribution in [2.75, 3.05) is 27.9 Å². The zero-order valence-corrected chi connectivity index (χ0v) is 31.1. The molecule has 0 radical (unpaired) electrons. The molecule has 8 heteroatoms. The molecule has 1 N–H and O–H groups in total. The predicted molar refractivity (Wildman–Crippen MR) is 180 cm³/mol. The van der Waals surface area contributed by atoms with Gasteiger partial charge in [0.15, 0.2) is 5.75 Å². The van der Waals surface area contributed by atoms with Crippen molar-refractivity contribution in [2.45, 2.75) is 158 Å². The minimum absolute atomic E-state index is 0. The maximum absolute atomic E-state index is 10.9. The molecule has 3 aliphatic carbocycles. The summed E-state index contributed by atoms with van der Waals surface area (Å²) in [5, 5.41) is 12.4. The third-order valence-corrected chi connectivity index (χ3v) is 20.2. The monoisotopic (exact) mass is 700 g/mol. The Bertz CT molecular complexity index is 844. The summed E-state index contributed by atoms with van der Waals surface area (Å²) in [5.74, 6) is 1.58. The second kappa shape index (κ2) is 19.5. The van der Waals surface area contributed by atoms with E-state index in [9.17, 15) is 5.11 Å². The fourth-order valence-corrected chi connectivity index (χ4v) is 18.1. The fraction of sp³-hybridized carbons (Fsp3) is 0.829. The molecule has 248 valence electrons. The molecule has 0 amide bonds. The normalized spacial score (nSPS) is 19.7. The average Bonchev–Trinajstić information content (AvgIpc) is 3.05. The van der Waals surface area contributed by atoms with E-state index in [1.807, 2.05) is 6.07 Å². The number of ether oxygens (including phenoxy) is 1. The Morgan fingerprint density at radius 2 is 1.09 bits per heavy atom. The van der Waals surface area contributed by atoms with Gasteiger partial charge < -0.3 is 40.1 Å². The van der Waals surface area contributed by atoms with Crippen LogP contribution in [-0.4, -0.2) is 58.8 Å². The standard InChI is InChI=1S/C35H61O5PSi.BrH/c1-37-42(38-2,39-3)28-18-7-5-4-6-17-27-40-34-26-25-30(36)29-35(34)41(31-19-11-8-12-20-31,32-21-13-9-14-22-32)33-23-15-10-16-24-33;/h25-26,29,31-33H,4-24,27-28H2,1-3H3;1H. The van der Waals surface area contributed by atoms with Crippen LogP contribution in [0.5, 0.6) is 11.5 Å². The molecule has 3 saturated carbocycles. The summed E-state index contributed by atoms with van der Waals surface area (Å²) in [7, 11) is 1.11. The van der Waals surface area contributed by atoms with Crippen LogP contribution < -0.4 is 27.0 Å². The first-order valence-corrected chi connectivity index (χ1v) is 21.5. The van der Waals surface area contributed by atoms with E-state index in [4.69, 9.17) is 18.0 Å². The molecule has 3 fully saturated rings. The van der Waals surface area contributed by atoms with Gasteiger partial charge in [-0.1, -0.05) is 44.9 Å². The van der Waals surface area contributed by atoms with Gasteiger partial charge in [0.25, 0.3) is 0 Å². The van der Waals surface area contributed by atoms with Crippen molar-refractivity contribution >= 4 is 21.4 Å². The zero-order valence-electron chi connectivity index (χ0n) is 27.6. The summed E-state index contributed by atoms with van der Waals surface area (Å²) in [6.45, 7) is 0.783. The van der Waals surface area contributed by atoms with Crippen LogP contribution in [-0.2, 0) is 13.3 Å². The molecule has 0 saturated heterocycles. The van der Waals surface area contributed by atoms with Crippen LogP contribution in [0.15, 0.2) is 18.2 Å². The lowest BCUT2D eigenvalue weighted by molar-refractivity contribution is -0.0000148. The number of hydrogen-bond acceptors (Lipinski definition) is 5. The molecule has 1 aromatic carbocycles. The molecule has 0 bridgehead atoms. The van der Waals surface area contributed by atoms with Gasteiger partial charge in [0.05, 0.1) is 30.8 Å². The number of phenols is 1. The number of phenolic OH excluding ortho intramolecular Hbond substituents is 1. The van der Waals surface area contributed by atoms with Crippen LogP contribution in [0.4, 0.5) is 0 Å². The Balaban J connectivity index is 0.00000506. The summed E-state index contributed by atoms with van der Waals surface area (Å²) < 4.78 is 23.4. The van der Waals surface area contributed by atoms with E-state index in [0.717, 1.165) is 48.2 Å². The second-order valence-electron chi connectivity index (χ2n) is 13.4. The topological polar surface area (TPSA) is 57.2 Å². The summed E-state index contributed by atoms with van der Waals surface area (Å²) in [4.78, 5) is 0. The van der Waals surface area contributed by atoms with Crippen molar-refractivity contribution in [3.63, 3.8) is 0 Å². The number of hydrogen-bond donors (Lipinski definition) is 1. The van der Waals surface area contributed by atoms with E-state index in [1.54, 1.807) is 21.3 Å². The molecule has 0 heterocycles. The summed E-state index contributed by atoms with van der Waals surface area (Å²) in [6, 6.07) is 7.13. The maximum Gasteiger partial charge on any atom is 0.500 e. The van der Waals surface area contributed by atoms with Crippen molar-refractivity contribution in [1.82, 2.24) is 0 Å². The van der Waals surface area contributed by atoms with Crippen LogP contribution >= 0.6 is 7.26 Å². The number of rotatable bonds is 17. The molecule has 0 spiro atoms. The molecule has 5 nitrogen and oxygen atoms in total. The molecule has 3 aliphatic rings. The second-order valence-corrected chi connectivity index (χ2v) is 20.8. The third-order valence-electron chi connectivity index (χ3n) is 11.0. The highest BCUT2D eigenvalue weighted by molar-refractivity contribution is 7.85. The fourth-order valence-electron chi connectivity index (χ4n) is 8.83. The molecule has 1 aromatic rings. The van der Waals surface area contributed by atoms with Crippen molar-refractivity contribution in [1.29, 1.82) is 0 Å². The van der Waals surface area contributed by atoms with Crippen LogP contribution in [0, 0.1) is 0 Å². The first-order chi connectivity index (χ1) is 20.6. The molecule has 0 atom stereocenters. The molecule has 0 unspecified atom stereocenters. The lowest BCUT2D eigenvalue weighted by Crippen LogP contribution is -3.00. The highest BCUT2D eigenvalue weighted by Crippen LogP contribution is 2.77. The highest BCUT2D eigenvalue weighted by Gasteiger charge is 2.60. The van der Waals surface area contributed by atoms with Gasteiger partial charge in [0.1, 0.15) is 11.1 Å². The van der Waals surface area contributed by atoms with Crippen LogP contribution in [0.1, 0.15) is 135 Å². The Morgan fingerprint density at radius 3 is 1.56 bits per heavy atom. The van der Waals surface area contributed by atoms with Gasteiger partial charge in [-0.15, -0.1) is 0 Å². The van der Waals surface area contributed by atoms with Gasteiger partial charge in [0, 0.05) is 33.4 Å². The molecule has 4 rings (SSSR count). The minimum atomic E-state index is -2.43. The Morgan fingerprint density at radius 1 is 0.651 bits per heavy atom. The lowest BCUT2D eigenvalue weighted by atomic mass is 9.99. The SMILES string of the molecule is CO[Si](CCCCCCCCOc1ccc(O)cc1[P+](C1CCCCC1)(C1CCCCC1)C1CCCCC1)(OC)OC.[Br-]. The van der Waals surface area contributed by atoms with Crippen molar-refractivity contribution in [3.05, 3.63) is 18.2 Å². The van der Waals surface area contributed by atoms with Gasteiger partial charge in [-0.25, -0.2) is 0 Å². The molecule has 43 heavy (non-hydrogen) atoms. The average molecular weight is 702 g/mol. The van der Waals surface area contributed by atoms with E-state index in [-0.39, 0.29) is 17.0 Å². The molecular weight excluding hydrogens is 639 g/mol. The van der Waals surface area contributed by atoms with Crippen LogP contribution in [0.25, 0.3) is 0 Å². The number of aromatic hydroxyl groups is 1. The lowest BCUT2D eigenvalue weighted by Gasteiger charge is -2.49. The Labute approximate surface area is 276 Å². The third kappa shape index (κ3) is 9.67. The van der Waals surface area contributed by atoms with Crippen molar-refractivity contribution in [3.8, 4) is 11.5 Å². The van der Waals surface area contributed by atoms with Gasteiger partial charge >= 0.3 is 8.80 Å². The van der Waals surface area contributed by atoms with Crippen LogP contribution in [0.3, 0.4) is 0 Å².